The van der Waals surface area contributed by atoms with Gasteiger partial charge in [0, 0.05) is 0 Å². The maximum Gasteiger partial charge on any atom is 0.0918 e. The van der Waals surface area contributed by atoms with Crippen LogP contribution in [0, 0.1) is 5.41 Å². The Hall–Kier alpha value is -1.40. The van der Waals surface area contributed by atoms with Gasteiger partial charge in [0.2, 0.25) is 0 Å². The molecule has 0 saturated carbocycles. The van der Waals surface area contributed by atoms with Gasteiger partial charge >= 0.3 is 0 Å². The van der Waals surface area contributed by atoms with E-state index in [1.165, 1.54) is 11.1 Å². The fraction of sp³-hybridized carbons (Fsp3) is 0.533. The number of rotatable bonds is 5. The van der Waals surface area contributed by atoms with E-state index in [0.717, 1.165) is 18.5 Å². The van der Waals surface area contributed by atoms with Crippen LogP contribution in [0.3, 0.4) is 0 Å². The Morgan fingerprint density at radius 3 is 2.35 bits per heavy atom. The van der Waals surface area contributed by atoms with E-state index in [2.05, 4.69) is 44.8 Å². The summed E-state index contributed by atoms with van der Waals surface area (Å²) < 4.78 is 0. The molecule has 2 unspecified atom stereocenters. The molecule has 0 bridgehead atoms. The second-order valence-electron chi connectivity index (χ2n) is 4.62. The van der Waals surface area contributed by atoms with Gasteiger partial charge in [-0.15, -0.1) is 0 Å². The Kier molecular flexibility index (Phi) is 5.11. The van der Waals surface area contributed by atoms with Crippen molar-refractivity contribution in [3.05, 3.63) is 29.3 Å². The molecule has 1 aromatic rings. The summed E-state index contributed by atoms with van der Waals surface area (Å²) in [6.45, 7) is 8.87. The number of benzene rings is 1. The van der Waals surface area contributed by atoms with Crippen LogP contribution in [0.15, 0.2) is 23.2 Å². The largest absolute Gasteiger partial charge is 0.241 e. The van der Waals surface area contributed by atoms with E-state index >= 15 is 0 Å². The Labute approximate surface area is 104 Å². The number of nitrogens with zero attached hydrogens (tertiary/aromatic N) is 1. The third kappa shape index (κ3) is 3.04. The number of aliphatic imine (C=N–C) groups is 1. The molecule has 0 fully saturated rings. The molecule has 0 radical (unpaired) electrons. The molecule has 0 aliphatic carbocycles. The van der Waals surface area contributed by atoms with E-state index in [-0.39, 0.29) is 0 Å². The highest BCUT2D eigenvalue weighted by Gasteiger charge is 2.16. The maximum absolute atomic E-state index is 7.04. The van der Waals surface area contributed by atoms with E-state index in [9.17, 15) is 0 Å². The Bertz CT molecular complexity index is 417. The third-order valence-electron chi connectivity index (χ3n) is 3.54. The highest BCUT2D eigenvalue weighted by atomic mass is 14.7. The summed E-state index contributed by atoms with van der Waals surface area (Å²) in [6, 6.07) is 8.37. The minimum Gasteiger partial charge on any atom is -0.241 e. The van der Waals surface area contributed by atoms with Gasteiger partial charge in [0.05, 0.1) is 11.7 Å². The predicted octanol–water partition coefficient (Wildman–Crippen LogP) is 5.10. The van der Waals surface area contributed by atoms with Gasteiger partial charge in [-0.3, -0.25) is 0 Å². The first-order valence-electron chi connectivity index (χ1n) is 6.40. The molecule has 0 saturated heterocycles. The van der Waals surface area contributed by atoms with Crippen molar-refractivity contribution < 1.29 is 0 Å². The molecule has 0 heterocycles. The fourth-order valence-electron chi connectivity index (χ4n) is 2.12. The van der Waals surface area contributed by atoms with Crippen LogP contribution in [0.1, 0.15) is 63.5 Å². The number of nitrogens with one attached hydrogen (secondary N) is 1. The molecule has 0 amide bonds. The topological polar surface area (TPSA) is 36.2 Å². The molecule has 2 nitrogen and oxygen atoms in total. The zero-order valence-corrected chi connectivity index (χ0v) is 11.2. The average molecular weight is 230 g/mol. The van der Waals surface area contributed by atoms with Gasteiger partial charge in [-0.2, -0.15) is 4.99 Å². The molecule has 17 heavy (non-hydrogen) atoms. The van der Waals surface area contributed by atoms with Crippen molar-refractivity contribution in [2.24, 2.45) is 4.99 Å². The summed E-state index contributed by atoms with van der Waals surface area (Å²) in [7, 11) is 0. The van der Waals surface area contributed by atoms with Gasteiger partial charge in [0.25, 0.3) is 0 Å². The monoisotopic (exact) mass is 230 g/mol. The van der Waals surface area contributed by atoms with Crippen LogP contribution in [-0.2, 0) is 0 Å². The Balaban J connectivity index is 3.38. The third-order valence-corrected chi connectivity index (χ3v) is 3.54. The molecule has 2 atom stereocenters. The van der Waals surface area contributed by atoms with Crippen molar-refractivity contribution in [1.29, 1.82) is 5.41 Å². The lowest BCUT2D eigenvalue weighted by Crippen LogP contribution is -2.02. The zero-order valence-electron chi connectivity index (χ0n) is 11.2. The SMILES string of the molecule is CCC(C)c1cccc(N=C=N)c1C(C)CC. The first kappa shape index (κ1) is 13.7. The molecule has 0 aromatic heterocycles. The van der Waals surface area contributed by atoms with Crippen molar-refractivity contribution in [1.82, 2.24) is 0 Å². The van der Waals surface area contributed by atoms with E-state index in [1.807, 2.05) is 12.1 Å². The van der Waals surface area contributed by atoms with E-state index in [4.69, 9.17) is 5.41 Å². The van der Waals surface area contributed by atoms with Gasteiger partial charge in [0.15, 0.2) is 0 Å². The van der Waals surface area contributed by atoms with Crippen LogP contribution in [0.25, 0.3) is 0 Å². The molecule has 0 aliphatic rings. The van der Waals surface area contributed by atoms with Crippen molar-refractivity contribution in [2.75, 3.05) is 0 Å². The standard InChI is InChI=1S/C15H22N2/c1-5-11(3)13-8-7-9-14(17-10-16)15(13)12(4)6-2/h7-9,11-12,16H,5-6H2,1-4H3. The second-order valence-corrected chi connectivity index (χ2v) is 4.62. The first-order valence-corrected chi connectivity index (χ1v) is 6.40. The lowest BCUT2D eigenvalue weighted by molar-refractivity contribution is 0.677. The van der Waals surface area contributed by atoms with E-state index < -0.39 is 0 Å². The van der Waals surface area contributed by atoms with Gasteiger partial charge in [-0.05, 0) is 41.9 Å². The van der Waals surface area contributed by atoms with Gasteiger partial charge in [-0.1, -0.05) is 39.8 Å². The van der Waals surface area contributed by atoms with E-state index in [0.29, 0.717) is 11.8 Å². The number of hydrogen-bond acceptors (Lipinski definition) is 2. The van der Waals surface area contributed by atoms with Crippen LogP contribution >= 0.6 is 0 Å². The minimum absolute atomic E-state index is 0.479. The van der Waals surface area contributed by atoms with Crippen LogP contribution in [0.2, 0.25) is 0 Å². The summed E-state index contributed by atoms with van der Waals surface area (Å²) in [6.07, 6.45) is 2.22. The van der Waals surface area contributed by atoms with E-state index in [1.54, 1.807) is 0 Å². The molecular weight excluding hydrogens is 208 g/mol. The highest BCUT2D eigenvalue weighted by Crippen LogP contribution is 2.36. The quantitative estimate of drug-likeness (QED) is 0.683. The lowest BCUT2D eigenvalue weighted by atomic mass is 9.85. The average Bonchev–Trinajstić information content (AvgIpc) is 2.37. The highest BCUT2D eigenvalue weighted by molar-refractivity contribution is 5.58. The molecule has 0 spiro atoms. The number of hydrogen-bond donors (Lipinski definition) is 1. The van der Waals surface area contributed by atoms with Crippen molar-refractivity contribution in [3.63, 3.8) is 0 Å². The van der Waals surface area contributed by atoms with Gasteiger partial charge < -0.3 is 0 Å². The zero-order chi connectivity index (χ0) is 12.8. The summed E-state index contributed by atoms with van der Waals surface area (Å²) >= 11 is 0. The van der Waals surface area contributed by atoms with Crippen molar-refractivity contribution >= 4 is 11.7 Å². The second kappa shape index (κ2) is 6.36. The van der Waals surface area contributed by atoms with Gasteiger partial charge in [0.1, 0.15) is 0 Å². The Morgan fingerprint density at radius 2 is 1.82 bits per heavy atom. The summed E-state index contributed by atoms with van der Waals surface area (Å²) in [5.74, 6) is 1.02. The van der Waals surface area contributed by atoms with Crippen LogP contribution in [-0.4, -0.2) is 6.01 Å². The van der Waals surface area contributed by atoms with Crippen LogP contribution in [0.4, 0.5) is 5.69 Å². The molecular formula is C15H22N2. The fourth-order valence-corrected chi connectivity index (χ4v) is 2.12. The molecule has 1 rings (SSSR count). The minimum atomic E-state index is 0.479. The lowest BCUT2D eigenvalue weighted by Gasteiger charge is -2.20. The molecule has 0 aliphatic heterocycles. The van der Waals surface area contributed by atoms with Crippen molar-refractivity contribution in [2.45, 2.75) is 52.4 Å². The summed E-state index contributed by atoms with van der Waals surface area (Å²) in [4.78, 5) is 4.07. The van der Waals surface area contributed by atoms with Crippen molar-refractivity contribution in [3.8, 4) is 0 Å². The Morgan fingerprint density at radius 1 is 1.18 bits per heavy atom. The smallest absolute Gasteiger partial charge is 0.0918 e. The summed E-state index contributed by atoms with van der Waals surface area (Å²) in [5.41, 5.74) is 3.58. The maximum atomic E-state index is 7.04. The molecule has 2 heteroatoms. The summed E-state index contributed by atoms with van der Waals surface area (Å²) in [5, 5.41) is 7.04. The van der Waals surface area contributed by atoms with Gasteiger partial charge in [-0.25, -0.2) is 5.41 Å². The van der Waals surface area contributed by atoms with Crippen LogP contribution < -0.4 is 0 Å². The normalized spacial score (nSPS) is 13.9. The molecule has 1 N–H and O–H groups in total. The first-order chi connectivity index (χ1) is 8.15. The molecule has 92 valence electrons. The predicted molar refractivity (Wildman–Crippen MR) is 73.7 cm³/mol. The molecule has 1 aromatic carbocycles. The van der Waals surface area contributed by atoms with Crippen LogP contribution in [0.5, 0.6) is 0 Å².